The first kappa shape index (κ1) is 22.9. The van der Waals surface area contributed by atoms with Gasteiger partial charge in [0.25, 0.3) is 0 Å². The number of hydrogen-bond acceptors (Lipinski definition) is 4. The van der Waals surface area contributed by atoms with Gasteiger partial charge < -0.3 is 5.32 Å². The molecule has 0 unspecified atom stereocenters. The van der Waals surface area contributed by atoms with Gasteiger partial charge in [0.05, 0.1) is 27.7 Å². The summed E-state index contributed by atoms with van der Waals surface area (Å²) in [5.74, 6) is 0.101. The molecule has 1 aliphatic carbocycles. The second kappa shape index (κ2) is 8.05. The molecule has 0 saturated heterocycles. The molecule has 0 aliphatic heterocycles. The lowest BCUT2D eigenvalue weighted by Gasteiger charge is -2.17. The molecule has 1 aliphatic rings. The zero-order chi connectivity index (χ0) is 23.0. The minimum atomic E-state index is -5.02. The van der Waals surface area contributed by atoms with E-state index < -0.39 is 44.0 Å². The maximum Gasteiger partial charge on any atom is 0.417 e. The number of hydrogen-bond donors (Lipinski definition) is 2. The summed E-state index contributed by atoms with van der Waals surface area (Å²) >= 11 is 0. The van der Waals surface area contributed by atoms with Gasteiger partial charge in [0.15, 0.2) is 0 Å². The lowest BCUT2D eigenvalue weighted by atomic mass is 10.1. The maximum atomic E-state index is 13.5. The van der Waals surface area contributed by atoms with E-state index in [-0.39, 0.29) is 23.8 Å². The highest BCUT2D eigenvalue weighted by Gasteiger charge is 2.38. The average Bonchev–Trinajstić information content (AvgIpc) is 3.49. The number of nitriles is 1. The molecule has 0 atom stereocenters. The fraction of sp³-hybridized carbons (Fsp3) is 0.316. The second-order valence-corrected chi connectivity index (χ2v) is 8.73. The van der Waals surface area contributed by atoms with Crippen LogP contribution in [0.1, 0.15) is 29.5 Å². The topological polar surface area (TPSA) is 82.0 Å². The molecule has 0 amide bonds. The summed E-state index contributed by atoms with van der Waals surface area (Å²) in [5.41, 5.74) is -3.84. The lowest BCUT2D eigenvalue weighted by Crippen LogP contribution is -2.28. The van der Waals surface area contributed by atoms with Crippen molar-refractivity contribution < 1.29 is 34.8 Å². The van der Waals surface area contributed by atoms with E-state index in [2.05, 4.69) is 10.0 Å². The van der Waals surface area contributed by atoms with Crippen molar-refractivity contribution >= 4 is 21.4 Å². The predicted octanol–water partition coefficient (Wildman–Crippen LogP) is 5.03. The van der Waals surface area contributed by atoms with Crippen molar-refractivity contribution in [2.75, 3.05) is 11.9 Å². The zero-order valence-corrected chi connectivity index (χ0v) is 16.4. The zero-order valence-electron chi connectivity index (χ0n) is 15.6. The van der Waals surface area contributed by atoms with Crippen LogP contribution in [0.3, 0.4) is 0 Å². The summed E-state index contributed by atoms with van der Waals surface area (Å²) in [7, 11) is -4.44. The van der Waals surface area contributed by atoms with Crippen molar-refractivity contribution in [3.8, 4) is 6.07 Å². The Hall–Kier alpha value is -2.78. The number of nitrogens with zero attached hydrogens (tertiary/aromatic N) is 1. The summed E-state index contributed by atoms with van der Waals surface area (Å²) in [6.45, 7) is 0.0328. The van der Waals surface area contributed by atoms with Crippen molar-refractivity contribution in [1.29, 1.82) is 5.26 Å². The van der Waals surface area contributed by atoms with E-state index in [4.69, 9.17) is 5.26 Å². The summed E-state index contributed by atoms with van der Waals surface area (Å²) in [6.07, 6.45) is -8.28. The first-order valence-corrected chi connectivity index (χ1v) is 10.4. The van der Waals surface area contributed by atoms with Crippen LogP contribution in [0.25, 0.3) is 0 Å². The minimum absolute atomic E-state index is 0.0328. The van der Waals surface area contributed by atoms with E-state index >= 15 is 0 Å². The van der Waals surface area contributed by atoms with Crippen molar-refractivity contribution in [3.05, 3.63) is 53.1 Å². The smallest absolute Gasteiger partial charge is 0.355 e. The largest absolute Gasteiger partial charge is 0.417 e. The Morgan fingerprint density at radius 1 is 0.935 bits per heavy atom. The number of anilines is 2. The van der Waals surface area contributed by atoms with Gasteiger partial charge in [-0.3, -0.25) is 0 Å². The molecule has 0 spiro atoms. The minimum Gasteiger partial charge on any atom is -0.355 e. The highest BCUT2D eigenvalue weighted by Crippen LogP contribution is 2.38. The molecule has 2 N–H and O–H groups in total. The first-order chi connectivity index (χ1) is 14.3. The number of sulfonamides is 1. The fourth-order valence-corrected chi connectivity index (χ4v) is 4.13. The van der Waals surface area contributed by atoms with Gasteiger partial charge in [-0.2, -0.15) is 31.6 Å². The van der Waals surface area contributed by atoms with Crippen LogP contribution in [0.5, 0.6) is 0 Å². The molecule has 0 radical (unpaired) electrons. The van der Waals surface area contributed by atoms with Crippen molar-refractivity contribution in [3.63, 3.8) is 0 Å². The molecular weight excluding hydrogens is 448 g/mol. The number of rotatable bonds is 6. The van der Waals surface area contributed by atoms with Gasteiger partial charge >= 0.3 is 12.4 Å². The monoisotopic (exact) mass is 463 g/mol. The highest BCUT2D eigenvalue weighted by atomic mass is 32.2. The quantitative estimate of drug-likeness (QED) is 0.589. The van der Waals surface area contributed by atoms with Crippen LogP contribution in [-0.2, 0) is 22.4 Å². The van der Waals surface area contributed by atoms with Gasteiger partial charge in [-0.1, -0.05) is 0 Å². The summed E-state index contributed by atoms with van der Waals surface area (Å²) in [6, 6.07) is 6.25. The molecule has 3 rings (SSSR count). The second-order valence-electron chi connectivity index (χ2n) is 7.00. The number of alkyl halides is 6. The Morgan fingerprint density at radius 2 is 1.48 bits per heavy atom. The Balaban J connectivity index is 1.96. The molecule has 0 heterocycles. The van der Waals surface area contributed by atoms with E-state index in [9.17, 15) is 34.8 Å². The summed E-state index contributed by atoms with van der Waals surface area (Å²) in [5, 5.41) is 11.2. The predicted molar refractivity (Wildman–Crippen MR) is 98.8 cm³/mol. The van der Waals surface area contributed by atoms with Crippen molar-refractivity contribution in [1.82, 2.24) is 4.72 Å². The first-order valence-electron chi connectivity index (χ1n) is 8.90. The Labute approximate surface area is 173 Å². The third kappa shape index (κ3) is 5.48. The van der Waals surface area contributed by atoms with E-state index in [1.165, 1.54) is 6.07 Å². The molecule has 0 bridgehead atoms. The van der Waals surface area contributed by atoms with Gasteiger partial charge in [-0.15, -0.1) is 0 Å². The SMILES string of the molecule is N#Cc1ccc(Nc2ccc(S(=O)(=O)NCC3CC3)c(C(F)(F)F)c2)cc1C(F)(F)F. The summed E-state index contributed by atoms with van der Waals surface area (Å²) < 4.78 is 107. The Bertz CT molecular complexity index is 1130. The molecule has 1 saturated carbocycles. The van der Waals surface area contributed by atoms with Crippen LogP contribution in [0.4, 0.5) is 37.7 Å². The third-order valence-corrected chi connectivity index (χ3v) is 6.05. The van der Waals surface area contributed by atoms with Crippen molar-refractivity contribution in [2.24, 2.45) is 5.92 Å². The van der Waals surface area contributed by atoms with Crippen LogP contribution in [-0.4, -0.2) is 15.0 Å². The van der Waals surface area contributed by atoms with Crippen LogP contribution < -0.4 is 10.0 Å². The molecule has 0 aromatic heterocycles. The molecular formula is C19H15F6N3O2S. The molecule has 31 heavy (non-hydrogen) atoms. The normalized spacial score (nSPS) is 14.9. The molecule has 2 aromatic rings. The van der Waals surface area contributed by atoms with E-state index in [1.54, 1.807) is 0 Å². The molecule has 2 aromatic carbocycles. The van der Waals surface area contributed by atoms with Gasteiger partial charge in [0.1, 0.15) is 0 Å². The molecule has 12 heteroatoms. The average molecular weight is 463 g/mol. The molecule has 5 nitrogen and oxygen atoms in total. The lowest BCUT2D eigenvalue weighted by molar-refractivity contribution is -0.140. The van der Waals surface area contributed by atoms with Crippen molar-refractivity contribution in [2.45, 2.75) is 30.1 Å². The fourth-order valence-electron chi connectivity index (χ4n) is 2.81. The van der Waals surface area contributed by atoms with Crippen LogP contribution in [0.15, 0.2) is 41.3 Å². The molecule has 166 valence electrons. The van der Waals surface area contributed by atoms with Gasteiger partial charge in [0, 0.05) is 17.9 Å². The Kier molecular flexibility index (Phi) is 5.94. The van der Waals surface area contributed by atoms with E-state index in [0.29, 0.717) is 12.1 Å². The Morgan fingerprint density at radius 3 is 2.00 bits per heavy atom. The van der Waals surface area contributed by atoms with Crippen LogP contribution in [0, 0.1) is 17.2 Å². The summed E-state index contributed by atoms with van der Waals surface area (Å²) in [4.78, 5) is -0.970. The molecule has 1 fully saturated rings. The number of nitrogens with one attached hydrogen (secondary N) is 2. The van der Waals surface area contributed by atoms with E-state index in [0.717, 1.165) is 37.1 Å². The van der Waals surface area contributed by atoms with Crippen LogP contribution in [0.2, 0.25) is 0 Å². The number of halogens is 6. The maximum absolute atomic E-state index is 13.5. The van der Waals surface area contributed by atoms with E-state index in [1.807, 2.05) is 0 Å². The third-order valence-electron chi connectivity index (χ3n) is 4.57. The number of benzene rings is 2. The van der Waals surface area contributed by atoms with Crippen LogP contribution >= 0.6 is 0 Å². The van der Waals surface area contributed by atoms with Gasteiger partial charge in [0.2, 0.25) is 10.0 Å². The van der Waals surface area contributed by atoms with Gasteiger partial charge in [-0.25, -0.2) is 13.1 Å². The highest BCUT2D eigenvalue weighted by molar-refractivity contribution is 7.89. The van der Waals surface area contributed by atoms with Gasteiger partial charge in [-0.05, 0) is 55.2 Å². The standard InChI is InChI=1S/C19H15F6N3O2S/c20-18(21,22)15-7-13(4-3-12(15)9-26)28-14-5-6-17(16(8-14)19(23,24)25)31(29,30)27-10-11-1-2-11/h3-8,11,27-28H,1-2,10H2.